The maximum absolute atomic E-state index is 2.30. The van der Waals surface area contributed by atoms with Crippen LogP contribution in [-0.4, -0.2) is 0 Å². The molecule has 0 aliphatic carbocycles. The summed E-state index contributed by atoms with van der Waals surface area (Å²) in [7, 11) is 0. The van der Waals surface area contributed by atoms with Gasteiger partial charge in [-0.1, -0.05) is 204 Å². The molecule has 9 aromatic rings. The average Bonchev–Trinajstić information content (AvgIpc) is 3.35. The maximum Gasteiger partial charge on any atom is -0.00205 e. The van der Waals surface area contributed by atoms with Crippen LogP contribution in [0.4, 0.5) is 0 Å². The molecule has 0 saturated heterocycles. The highest BCUT2D eigenvalue weighted by molar-refractivity contribution is 5.43. The first-order valence-electron chi connectivity index (χ1n) is 26.1. The molecular weight excluding hydrogens is 865 g/mol. The van der Waals surface area contributed by atoms with Gasteiger partial charge in [-0.05, 0) is 233 Å². The van der Waals surface area contributed by atoms with Crippen LogP contribution in [0.3, 0.4) is 0 Å². The van der Waals surface area contributed by atoms with Gasteiger partial charge in [0.25, 0.3) is 0 Å². The molecule has 9 rings (SSSR count). The summed E-state index contributed by atoms with van der Waals surface area (Å²) in [6.45, 7) is 26.3. The minimum Gasteiger partial charge on any atom is -0.0617 e. The normalized spacial score (nSPS) is 10.8. The molecule has 0 radical (unpaired) electrons. The van der Waals surface area contributed by atoms with Crippen molar-refractivity contribution in [2.24, 2.45) is 0 Å². The summed E-state index contributed by atoms with van der Waals surface area (Å²) in [5.41, 5.74) is 33.3. The smallest absolute Gasteiger partial charge is 0.00205 e. The van der Waals surface area contributed by atoms with Crippen LogP contribution >= 0.6 is 0 Å². The molecule has 0 N–H and O–H groups in total. The third-order valence-corrected chi connectivity index (χ3v) is 14.7. The van der Waals surface area contributed by atoms with E-state index in [1.54, 1.807) is 0 Å². The van der Waals surface area contributed by atoms with E-state index in [1.807, 2.05) is 0 Å². The molecule has 0 aliphatic rings. The summed E-state index contributed by atoms with van der Waals surface area (Å²) in [5.74, 6) is 0. The second kappa shape index (κ2) is 24.9. The molecule has 9 aromatic carbocycles. The predicted octanol–water partition coefficient (Wildman–Crippen LogP) is 18.3. The van der Waals surface area contributed by atoms with E-state index in [1.165, 1.54) is 134 Å². The molecule has 0 atom stereocenters. The molecule has 0 aromatic heterocycles. The Labute approximate surface area is 434 Å². The van der Waals surface area contributed by atoms with Crippen LogP contribution in [0.2, 0.25) is 0 Å². The molecule has 0 fully saturated rings. The van der Waals surface area contributed by atoms with E-state index in [4.69, 9.17) is 0 Å². The van der Waals surface area contributed by atoms with Gasteiger partial charge in [0.15, 0.2) is 0 Å². The zero-order chi connectivity index (χ0) is 51.3. The summed E-state index contributed by atoms with van der Waals surface area (Å²) in [5, 5.41) is 0. The van der Waals surface area contributed by atoms with Crippen LogP contribution in [-0.2, 0) is 38.5 Å². The molecule has 0 bridgehead atoms. The highest BCUT2D eigenvalue weighted by atomic mass is 14.1. The highest BCUT2D eigenvalue weighted by Gasteiger charge is 2.09. The van der Waals surface area contributed by atoms with Crippen LogP contribution in [0.1, 0.15) is 134 Å². The third-order valence-electron chi connectivity index (χ3n) is 14.7. The average molecular weight is 943 g/mol. The van der Waals surface area contributed by atoms with E-state index in [0.29, 0.717) is 0 Å². The first-order valence-corrected chi connectivity index (χ1v) is 26.1. The lowest BCUT2D eigenvalue weighted by molar-refractivity contribution is 1.09. The molecule has 0 heterocycles. The summed E-state index contributed by atoms with van der Waals surface area (Å²) >= 11 is 0. The quantitative estimate of drug-likeness (QED) is 0.114. The minimum absolute atomic E-state index is 1.01. The Hall–Kier alpha value is -7.02. The van der Waals surface area contributed by atoms with E-state index in [0.717, 1.165) is 38.5 Å². The molecule has 366 valence electrons. The van der Waals surface area contributed by atoms with Crippen molar-refractivity contribution in [2.75, 3.05) is 0 Å². The lowest BCUT2D eigenvalue weighted by Gasteiger charge is -2.12. The van der Waals surface area contributed by atoms with Gasteiger partial charge in [-0.3, -0.25) is 0 Å². The molecule has 0 spiro atoms. The van der Waals surface area contributed by atoms with Crippen molar-refractivity contribution in [3.05, 3.63) is 316 Å². The van der Waals surface area contributed by atoms with Gasteiger partial charge in [-0.25, -0.2) is 0 Å². The standard InChI is InChI=1S/3C24H26/c1-17-5-11-23(19(3)13-17)15-21-7-9-22(10-8-21)16-24-12-6-18(2)14-20(24)4;1-17-5-7-19(3)23(13-17)15-21-9-11-22(12-10-21)16-24-14-18(2)6-8-20(24)4;1-17-7-5-8-18(2)23(17)15-21-11-13-22(14-12-21)16-24-19(3)9-6-10-20(24)4/h3*5-14H,15-16H2,1-4H3. The van der Waals surface area contributed by atoms with Crippen LogP contribution < -0.4 is 0 Å². The van der Waals surface area contributed by atoms with Crippen LogP contribution in [0.25, 0.3) is 0 Å². The van der Waals surface area contributed by atoms with Gasteiger partial charge in [0.2, 0.25) is 0 Å². The Bertz CT molecular complexity index is 2950. The fourth-order valence-corrected chi connectivity index (χ4v) is 9.94. The highest BCUT2D eigenvalue weighted by Crippen LogP contribution is 2.24. The maximum atomic E-state index is 2.30. The molecule has 0 heteroatoms. The second-order valence-corrected chi connectivity index (χ2v) is 21.0. The molecule has 0 saturated carbocycles. The first-order chi connectivity index (χ1) is 34.6. The van der Waals surface area contributed by atoms with Crippen LogP contribution in [0.5, 0.6) is 0 Å². The SMILES string of the molecule is Cc1ccc(C)c(Cc2ccc(Cc3cc(C)ccc3C)cc2)c1.Cc1ccc(Cc2ccc(Cc3ccc(C)cc3C)cc2)c(C)c1.Cc1cccc(C)c1Cc1ccc(Cc2c(C)cccc2C)cc1. The monoisotopic (exact) mass is 943 g/mol. The molecule has 0 aliphatic heterocycles. The van der Waals surface area contributed by atoms with Crippen molar-refractivity contribution in [1.82, 2.24) is 0 Å². The third kappa shape index (κ3) is 15.0. The fraction of sp³-hybridized carbons (Fsp3) is 0.250. The minimum atomic E-state index is 1.01. The summed E-state index contributed by atoms with van der Waals surface area (Å²) < 4.78 is 0. The summed E-state index contributed by atoms with van der Waals surface area (Å²) in [6, 6.07) is 67.4. The van der Waals surface area contributed by atoms with E-state index >= 15 is 0 Å². The molecule has 0 unspecified atom stereocenters. The second-order valence-electron chi connectivity index (χ2n) is 21.0. The molecular formula is C72H78. The number of aryl methyl sites for hydroxylation is 12. The van der Waals surface area contributed by atoms with Crippen molar-refractivity contribution in [2.45, 2.75) is 122 Å². The number of hydrogen-bond donors (Lipinski definition) is 0. The van der Waals surface area contributed by atoms with E-state index in [9.17, 15) is 0 Å². The molecule has 0 amide bonds. The van der Waals surface area contributed by atoms with Gasteiger partial charge in [-0.2, -0.15) is 0 Å². The van der Waals surface area contributed by atoms with Gasteiger partial charge >= 0.3 is 0 Å². The summed E-state index contributed by atoms with van der Waals surface area (Å²) in [4.78, 5) is 0. The Balaban J connectivity index is 0.000000158. The fourth-order valence-electron chi connectivity index (χ4n) is 9.94. The largest absolute Gasteiger partial charge is 0.0617 e. The molecule has 72 heavy (non-hydrogen) atoms. The lowest BCUT2D eigenvalue weighted by atomic mass is 9.93. The van der Waals surface area contributed by atoms with Crippen molar-refractivity contribution < 1.29 is 0 Å². The zero-order valence-electron chi connectivity index (χ0n) is 45.6. The Morgan fingerprint density at radius 1 is 0.194 bits per heavy atom. The van der Waals surface area contributed by atoms with Crippen molar-refractivity contribution in [3.8, 4) is 0 Å². The van der Waals surface area contributed by atoms with Crippen molar-refractivity contribution in [1.29, 1.82) is 0 Å². The molecule has 0 nitrogen and oxygen atoms in total. The Morgan fingerprint density at radius 2 is 0.444 bits per heavy atom. The zero-order valence-corrected chi connectivity index (χ0v) is 45.6. The van der Waals surface area contributed by atoms with Gasteiger partial charge < -0.3 is 0 Å². The van der Waals surface area contributed by atoms with Crippen LogP contribution in [0.15, 0.2) is 182 Å². The first kappa shape index (κ1) is 52.8. The van der Waals surface area contributed by atoms with E-state index < -0.39 is 0 Å². The Kier molecular flexibility index (Phi) is 18.2. The van der Waals surface area contributed by atoms with E-state index in [-0.39, 0.29) is 0 Å². The Morgan fingerprint density at radius 3 is 0.736 bits per heavy atom. The van der Waals surface area contributed by atoms with E-state index in [2.05, 4.69) is 265 Å². The topological polar surface area (TPSA) is 0 Å². The number of rotatable bonds is 12. The van der Waals surface area contributed by atoms with Gasteiger partial charge in [0.05, 0.1) is 0 Å². The number of hydrogen-bond acceptors (Lipinski definition) is 0. The lowest BCUT2D eigenvalue weighted by Crippen LogP contribution is -1.97. The summed E-state index contributed by atoms with van der Waals surface area (Å²) in [6.07, 6.45) is 6.07. The number of benzene rings is 9. The van der Waals surface area contributed by atoms with Crippen molar-refractivity contribution >= 4 is 0 Å². The van der Waals surface area contributed by atoms with Crippen LogP contribution in [0, 0.1) is 83.1 Å². The van der Waals surface area contributed by atoms with Gasteiger partial charge in [0.1, 0.15) is 0 Å². The van der Waals surface area contributed by atoms with Gasteiger partial charge in [0, 0.05) is 0 Å². The van der Waals surface area contributed by atoms with Gasteiger partial charge in [-0.15, -0.1) is 0 Å². The predicted molar refractivity (Wildman–Crippen MR) is 312 cm³/mol. The van der Waals surface area contributed by atoms with Crippen molar-refractivity contribution in [3.63, 3.8) is 0 Å².